The Hall–Kier alpha value is -1.30. The van der Waals surface area contributed by atoms with Crippen LogP contribution in [-0.2, 0) is 4.79 Å². The van der Waals surface area contributed by atoms with Gasteiger partial charge in [-0.15, -0.1) is 12.4 Å². The maximum atomic E-state index is 12.8. The zero-order valence-corrected chi connectivity index (χ0v) is 17.2. The molecule has 2 aliphatic rings. The van der Waals surface area contributed by atoms with Crippen molar-refractivity contribution in [2.75, 3.05) is 32.7 Å². The van der Waals surface area contributed by atoms with Crippen LogP contribution in [0.3, 0.4) is 0 Å². The van der Waals surface area contributed by atoms with Crippen LogP contribution in [0.4, 0.5) is 0 Å². The van der Waals surface area contributed by atoms with E-state index in [2.05, 4.69) is 0 Å². The van der Waals surface area contributed by atoms with Gasteiger partial charge in [-0.25, -0.2) is 0 Å². The highest BCUT2D eigenvalue weighted by Crippen LogP contribution is 2.38. The Morgan fingerprint density at radius 3 is 2.07 bits per heavy atom. The van der Waals surface area contributed by atoms with E-state index in [-0.39, 0.29) is 29.6 Å². The minimum absolute atomic E-state index is 0. The van der Waals surface area contributed by atoms with E-state index in [1.54, 1.807) is 24.3 Å². The van der Waals surface area contributed by atoms with Crippen molar-refractivity contribution in [2.24, 2.45) is 11.1 Å². The molecule has 0 bridgehead atoms. The molecule has 1 aliphatic carbocycles. The van der Waals surface area contributed by atoms with Gasteiger partial charge in [-0.1, -0.05) is 30.9 Å². The fourth-order valence-electron chi connectivity index (χ4n) is 4.12. The number of hydrogen-bond donors (Lipinski definition) is 1. The van der Waals surface area contributed by atoms with Crippen molar-refractivity contribution >= 4 is 35.8 Å². The van der Waals surface area contributed by atoms with E-state index in [4.69, 9.17) is 17.3 Å². The molecule has 0 spiro atoms. The lowest BCUT2D eigenvalue weighted by atomic mass is 9.71. The Morgan fingerprint density at radius 2 is 1.52 bits per heavy atom. The second-order valence-corrected chi connectivity index (χ2v) is 8.06. The van der Waals surface area contributed by atoms with Gasteiger partial charge in [0.05, 0.1) is 0 Å². The molecule has 150 valence electrons. The molecule has 3 rings (SSSR count). The van der Waals surface area contributed by atoms with Crippen LogP contribution in [0.1, 0.15) is 48.9 Å². The monoisotopic (exact) mass is 413 g/mol. The molecule has 0 unspecified atom stereocenters. The van der Waals surface area contributed by atoms with Gasteiger partial charge >= 0.3 is 0 Å². The van der Waals surface area contributed by atoms with Crippen molar-refractivity contribution in [3.63, 3.8) is 0 Å². The summed E-state index contributed by atoms with van der Waals surface area (Å²) in [4.78, 5) is 29.0. The van der Waals surface area contributed by atoms with E-state index < -0.39 is 0 Å². The summed E-state index contributed by atoms with van der Waals surface area (Å²) in [6, 6.07) is 6.95. The molecule has 1 aromatic carbocycles. The van der Waals surface area contributed by atoms with Gasteiger partial charge in [0, 0.05) is 43.2 Å². The van der Waals surface area contributed by atoms with E-state index in [1.807, 2.05) is 9.80 Å². The molecule has 27 heavy (non-hydrogen) atoms. The third-order valence-corrected chi connectivity index (χ3v) is 6.14. The Bertz CT molecular complexity index is 637. The van der Waals surface area contributed by atoms with Crippen LogP contribution in [0.2, 0.25) is 5.02 Å². The molecule has 1 saturated heterocycles. The van der Waals surface area contributed by atoms with Crippen molar-refractivity contribution in [1.82, 2.24) is 9.80 Å². The first-order valence-electron chi connectivity index (χ1n) is 9.56. The first-order chi connectivity index (χ1) is 12.5. The summed E-state index contributed by atoms with van der Waals surface area (Å²) in [5.74, 6) is 0.190. The van der Waals surface area contributed by atoms with Crippen molar-refractivity contribution in [3.8, 4) is 0 Å². The topological polar surface area (TPSA) is 66.6 Å². The zero-order chi connectivity index (χ0) is 18.6. The molecule has 1 saturated carbocycles. The van der Waals surface area contributed by atoms with Crippen molar-refractivity contribution in [2.45, 2.75) is 38.5 Å². The summed E-state index contributed by atoms with van der Waals surface area (Å²) in [6.07, 6.45) is 6.27. The molecular formula is C20H29Cl2N3O2. The molecule has 1 heterocycles. The maximum absolute atomic E-state index is 12.8. The highest BCUT2D eigenvalue weighted by molar-refractivity contribution is 6.30. The predicted octanol–water partition coefficient (Wildman–Crippen LogP) is 3.35. The number of carbonyl (C=O) groups is 2. The molecule has 7 heteroatoms. The van der Waals surface area contributed by atoms with Gasteiger partial charge in [-0.3, -0.25) is 9.59 Å². The smallest absolute Gasteiger partial charge is 0.253 e. The van der Waals surface area contributed by atoms with Gasteiger partial charge in [0.25, 0.3) is 5.91 Å². The van der Waals surface area contributed by atoms with Crippen molar-refractivity contribution < 1.29 is 9.59 Å². The molecule has 1 aliphatic heterocycles. The van der Waals surface area contributed by atoms with Gasteiger partial charge in [0.15, 0.2) is 0 Å². The Kier molecular flexibility index (Phi) is 7.95. The lowest BCUT2D eigenvalue weighted by molar-refractivity contribution is -0.135. The molecule has 2 fully saturated rings. The van der Waals surface area contributed by atoms with Crippen LogP contribution >= 0.6 is 24.0 Å². The summed E-state index contributed by atoms with van der Waals surface area (Å²) in [5, 5.41) is 0.619. The van der Waals surface area contributed by atoms with Gasteiger partial charge in [-0.05, 0) is 49.1 Å². The summed E-state index contributed by atoms with van der Waals surface area (Å²) in [5.41, 5.74) is 6.65. The average Bonchev–Trinajstić information content (AvgIpc) is 2.69. The summed E-state index contributed by atoms with van der Waals surface area (Å²) >= 11 is 5.88. The lowest BCUT2D eigenvalue weighted by Gasteiger charge is -2.39. The fraction of sp³-hybridized carbons (Fsp3) is 0.600. The maximum Gasteiger partial charge on any atom is 0.253 e. The van der Waals surface area contributed by atoms with Gasteiger partial charge in [0.2, 0.25) is 5.91 Å². The largest absolute Gasteiger partial charge is 0.339 e. The SMILES string of the molecule is Cl.NCC1(CC(=O)N2CCN(C(=O)c3ccc(Cl)cc3)CC2)CCCCC1. The number of nitrogens with zero attached hydrogens (tertiary/aromatic N) is 2. The van der Waals surface area contributed by atoms with Gasteiger partial charge in [-0.2, -0.15) is 0 Å². The van der Waals surface area contributed by atoms with Crippen molar-refractivity contribution in [3.05, 3.63) is 34.9 Å². The Balaban J connectivity index is 0.00000261. The molecule has 0 radical (unpaired) electrons. The molecule has 0 atom stereocenters. The van der Waals surface area contributed by atoms with E-state index in [1.165, 1.54) is 19.3 Å². The zero-order valence-electron chi connectivity index (χ0n) is 15.7. The minimum atomic E-state index is -0.00834. The number of rotatable bonds is 4. The Labute approximate surface area is 172 Å². The average molecular weight is 414 g/mol. The standard InChI is InChI=1S/C20H28ClN3O2.ClH/c21-17-6-4-16(5-7-17)19(26)24-12-10-23(11-13-24)18(25)14-20(15-22)8-2-1-3-9-20;/h4-7H,1-3,8-15,22H2;1H. The van der Waals surface area contributed by atoms with Crippen LogP contribution in [0.15, 0.2) is 24.3 Å². The number of hydrogen-bond acceptors (Lipinski definition) is 3. The highest BCUT2D eigenvalue weighted by Gasteiger charge is 2.35. The lowest BCUT2D eigenvalue weighted by Crippen LogP contribution is -2.51. The molecule has 2 amide bonds. The number of halogens is 2. The van der Waals surface area contributed by atoms with Gasteiger partial charge in [0.1, 0.15) is 0 Å². The normalized spacial score (nSPS) is 19.3. The first-order valence-corrected chi connectivity index (χ1v) is 9.93. The third kappa shape index (κ3) is 5.37. The highest BCUT2D eigenvalue weighted by atomic mass is 35.5. The molecule has 0 aromatic heterocycles. The second-order valence-electron chi connectivity index (χ2n) is 7.62. The molecule has 5 nitrogen and oxygen atoms in total. The summed E-state index contributed by atoms with van der Waals surface area (Å²) in [6.45, 7) is 2.93. The third-order valence-electron chi connectivity index (χ3n) is 5.88. The van der Waals surface area contributed by atoms with Gasteiger partial charge < -0.3 is 15.5 Å². The van der Waals surface area contributed by atoms with E-state index in [9.17, 15) is 9.59 Å². The Morgan fingerprint density at radius 1 is 0.963 bits per heavy atom. The number of benzene rings is 1. The van der Waals surface area contributed by atoms with Crippen LogP contribution in [-0.4, -0.2) is 54.3 Å². The number of nitrogens with two attached hydrogens (primary N) is 1. The summed E-state index contributed by atoms with van der Waals surface area (Å²) in [7, 11) is 0. The van der Waals surface area contributed by atoms with Crippen LogP contribution < -0.4 is 5.73 Å². The number of carbonyl (C=O) groups excluding carboxylic acids is 2. The van der Waals surface area contributed by atoms with Crippen LogP contribution in [0.25, 0.3) is 0 Å². The minimum Gasteiger partial charge on any atom is -0.339 e. The first kappa shape index (κ1) is 22.0. The molecular weight excluding hydrogens is 385 g/mol. The van der Waals surface area contributed by atoms with E-state index >= 15 is 0 Å². The van der Waals surface area contributed by atoms with E-state index in [0.29, 0.717) is 49.7 Å². The molecule has 2 N–H and O–H groups in total. The summed E-state index contributed by atoms with van der Waals surface area (Å²) < 4.78 is 0. The number of piperazine rings is 1. The molecule has 1 aromatic rings. The van der Waals surface area contributed by atoms with Crippen molar-refractivity contribution in [1.29, 1.82) is 0 Å². The van der Waals surface area contributed by atoms with Crippen LogP contribution in [0.5, 0.6) is 0 Å². The quantitative estimate of drug-likeness (QED) is 0.822. The van der Waals surface area contributed by atoms with E-state index in [0.717, 1.165) is 12.8 Å². The fourth-order valence-corrected chi connectivity index (χ4v) is 4.25. The predicted molar refractivity (Wildman–Crippen MR) is 110 cm³/mol. The number of amides is 2. The van der Waals surface area contributed by atoms with Crippen LogP contribution in [0, 0.1) is 5.41 Å². The second kappa shape index (κ2) is 9.76.